The third-order valence-corrected chi connectivity index (χ3v) is 3.13. The smallest absolute Gasteiger partial charge is 0.331 e. The first-order valence-electron chi connectivity index (χ1n) is 6.17. The Balaban J connectivity index is 1.98. The molecule has 5 nitrogen and oxygen atoms in total. The van der Waals surface area contributed by atoms with Crippen LogP contribution in [0, 0.1) is 0 Å². The fourth-order valence-corrected chi connectivity index (χ4v) is 1.97. The zero-order valence-corrected chi connectivity index (χ0v) is 11.1. The molecule has 0 aromatic heterocycles. The summed E-state index contributed by atoms with van der Waals surface area (Å²) in [6, 6.07) is 9.11. The average Bonchev–Trinajstić information content (AvgIpc) is 2.40. The summed E-state index contributed by atoms with van der Waals surface area (Å²) in [6.45, 7) is 3.90. The molecule has 0 unspecified atom stereocenters. The van der Waals surface area contributed by atoms with Crippen LogP contribution >= 0.6 is 0 Å². The van der Waals surface area contributed by atoms with E-state index in [1.807, 2.05) is 18.2 Å². The molecule has 0 radical (unpaired) electrons. The first-order valence-corrected chi connectivity index (χ1v) is 6.17. The van der Waals surface area contributed by atoms with Gasteiger partial charge in [0.1, 0.15) is 17.9 Å². The summed E-state index contributed by atoms with van der Waals surface area (Å²) >= 11 is 0. The monoisotopic (exact) mass is 263 g/mol. The highest BCUT2D eigenvalue weighted by molar-refractivity contribution is 5.88. The van der Waals surface area contributed by atoms with Gasteiger partial charge in [-0.05, 0) is 26.0 Å². The van der Waals surface area contributed by atoms with E-state index in [2.05, 4.69) is 0 Å². The number of cyclic esters (lactones) is 1. The van der Waals surface area contributed by atoms with Crippen molar-refractivity contribution in [3.05, 3.63) is 30.3 Å². The molecule has 102 valence electrons. The van der Waals surface area contributed by atoms with Gasteiger partial charge in [0.25, 0.3) is 5.91 Å². The van der Waals surface area contributed by atoms with E-state index in [-0.39, 0.29) is 25.1 Å². The Bertz CT molecular complexity index is 470. The van der Waals surface area contributed by atoms with Crippen LogP contribution in [0.15, 0.2) is 30.3 Å². The number of benzene rings is 1. The van der Waals surface area contributed by atoms with Gasteiger partial charge >= 0.3 is 5.97 Å². The van der Waals surface area contributed by atoms with Crippen LogP contribution in [0.25, 0.3) is 0 Å². The van der Waals surface area contributed by atoms with Crippen molar-refractivity contribution in [1.29, 1.82) is 0 Å². The minimum Gasteiger partial charge on any atom is -0.484 e. The van der Waals surface area contributed by atoms with E-state index in [9.17, 15) is 9.59 Å². The molecule has 1 aromatic rings. The number of morpholine rings is 1. The van der Waals surface area contributed by atoms with Crippen LogP contribution in [0.1, 0.15) is 13.8 Å². The highest BCUT2D eigenvalue weighted by Crippen LogP contribution is 2.21. The second-order valence-corrected chi connectivity index (χ2v) is 4.84. The Morgan fingerprint density at radius 3 is 2.74 bits per heavy atom. The first kappa shape index (κ1) is 13.4. The van der Waals surface area contributed by atoms with E-state index < -0.39 is 5.54 Å². The standard InChI is InChI=1S/C14H17NO4/c1-14(2)13(17)18-9-8-15(14)12(16)10-19-11-6-4-3-5-7-11/h3-7H,8-10H2,1-2H3. The lowest BCUT2D eigenvalue weighted by Crippen LogP contribution is -2.59. The highest BCUT2D eigenvalue weighted by atomic mass is 16.5. The third kappa shape index (κ3) is 2.86. The summed E-state index contributed by atoms with van der Waals surface area (Å²) in [4.78, 5) is 25.3. The van der Waals surface area contributed by atoms with Crippen molar-refractivity contribution in [2.24, 2.45) is 0 Å². The Labute approximate surface area is 112 Å². The lowest BCUT2D eigenvalue weighted by Gasteiger charge is -2.39. The lowest BCUT2D eigenvalue weighted by molar-refractivity contribution is -0.172. The summed E-state index contributed by atoms with van der Waals surface area (Å²) < 4.78 is 10.4. The molecule has 19 heavy (non-hydrogen) atoms. The van der Waals surface area contributed by atoms with Crippen molar-refractivity contribution >= 4 is 11.9 Å². The SMILES string of the molecule is CC1(C)C(=O)OCCN1C(=O)COc1ccccc1. The number of carbonyl (C=O) groups excluding carboxylic acids is 2. The third-order valence-electron chi connectivity index (χ3n) is 3.13. The van der Waals surface area contributed by atoms with E-state index in [0.717, 1.165) is 0 Å². The molecule has 1 saturated heterocycles. The summed E-state index contributed by atoms with van der Waals surface area (Å²) in [7, 11) is 0. The van der Waals surface area contributed by atoms with Crippen LogP contribution in [-0.2, 0) is 14.3 Å². The van der Waals surface area contributed by atoms with Gasteiger partial charge in [-0.2, -0.15) is 0 Å². The van der Waals surface area contributed by atoms with Gasteiger partial charge in [0.2, 0.25) is 0 Å². The van der Waals surface area contributed by atoms with Crippen molar-refractivity contribution in [3.8, 4) is 5.75 Å². The van der Waals surface area contributed by atoms with Crippen molar-refractivity contribution in [1.82, 2.24) is 4.90 Å². The van der Waals surface area contributed by atoms with Gasteiger partial charge in [0, 0.05) is 0 Å². The van der Waals surface area contributed by atoms with E-state index in [1.165, 1.54) is 4.90 Å². The van der Waals surface area contributed by atoms with Crippen molar-refractivity contribution < 1.29 is 19.1 Å². The van der Waals surface area contributed by atoms with E-state index >= 15 is 0 Å². The number of hydrogen-bond acceptors (Lipinski definition) is 4. The molecule has 0 saturated carbocycles. The summed E-state index contributed by atoms with van der Waals surface area (Å²) in [6.07, 6.45) is 0. The van der Waals surface area contributed by atoms with E-state index in [0.29, 0.717) is 12.3 Å². The number of carbonyl (C=O) groups is 2. The zero-order valence-electron chi connectivity index (χ0n) is 11.1. The number of ether oxygens (including phenoxy) is 2. The Morgan fingerprint density at radius 1 is 1.37 bits per heavy atom. The maximum Gasteiger partial charge on any atom is 0.331 e. The number of nitrogens with zero attached hydrogens (tertiary/aromatic N) is 1. The molecule has 5 heteroatoms. The molecule has 0 atom stereocenters. The fourth-order valence-electron chi connectivity index (χ4n) is 1.97. The van der Waals surface area contributed by atoms with Gasteiger partial charge in [-0.25, -0.2) is 4.79 Å². The van der Waals surface area contributed by atoms with Crippen LogP contribution < -0.4 is 4.74 Å². The maximum atomic E-state index is 12.1. The second kappa shape index (κ2) is 5.30. The van der Waals surface area contributed by atoms with Crippen LogP contribution in [0.5, 0.6) is 5.75 Å². The van der Waals surface area contributed by atoms with Crippen LogP contribution in [0.3, 0.4) is 0 Å². The van der Waals surface area contributed by atoms with Gasteiger partial charge in [-0.15, -0.1) is 0 Å². The molecular formula is C14H17NO4. The van der Waals surface area contributed by atoms with Crippen molar-refractivity contribution in [2.75, 3.05) is 19.8 Å². The van der Waals surface area contributed by atoms with Crippen molar-refractivity contribution in [3.63, 3.8) is 0 Å². The normalized spacial score (nSPS) is 17.8. The van der Waals surface area contributed by atoms with Crippen LogP contribution in [0.4, 0.5) is 0 Å². The summed E-state index contributed by atoms with van der Waals surface area (Å²) in [5.41, 5.74) is -0.935. The molecule has 0 aliphatic carbocycles. The van der Waals surface area contributed by atoms with Gasteiger partial charge in [-0.3, -0.25) is 4.79 Å². The lowest BCUT2D eigenvalue weighted by atomic mass is 10.0. The molecule has 0 bridgehead atoms. The van der Waals surface area contributed by atoms with E-state index in [4.69, 9.17) is 9.47 Å². The molecule has 1 aliphatic heterocycles. The Kier molecular flexibility index (Phi) is 3.74. The van der Waals surface area contributed by atoms with Gasteiger partial charge < -0.3 is 14.4 Å². The molecule has 2 rings (SSSR count). The maximum absolute atomic E-state index is 12.1. The molecule has 1 aromatic carbocycles. The Hall–Kier alpha value is -2.04. The molecule has 1 amide bonds. The largest absolute Gasteiger partial charge is 0.484 e. The molecule has 0 N–H and O–H groups in total. The predicted octanol–water partition coefficient (Wildman–Crippen LogP) is 1.23. The zero-order chi connectivity index (χ0) is 13.9. The molecule has 0 spiro atoms. The quantitative estimate of drug-likeness (QED) is 0.770. The topological polar surface area (TPSA) is 55.8 Å². The number of rotatable bonds is 3. The molecule has 1 heterocycles. The van der Waals surface area contributed by atoms with Crippen LogP contribution in [-0.4, -0.2) is 42.1 Å². The molecular weight excluding hydrogens is 246 g/mol. The second-order valence-electron chi connectivity index (χ2n) is 4.84. The Morgan fingerprint density at radius 2 is 2.05 bits per heavy atom. The van der Waals surface area contributed by atoms with E-state index in [1.54, 1.807) is 26.0 Å². The number of esters is 1. The van der Waals surface area contributed by atoms with Gasteiger partial charge in [-0.1, -0.05) is 18.2 Å². The predicted molar refractivity (Wildman–Crippen MR) is 68.7 cm³/mol. The number of para-hydroxylation sites is 1. The summed E-state index contributed by atoms with van der Waals surface area (Å²) in [5, 5.41) is 0. The highest BCUT2D eigenvalue weighted by Gasteiger charge is 2.42. The minimum atomic E-state index is -0.935. The fraction of sp³-hybridized carbons (Fsp3) is 0.429. The van der Waals surface area contributed by atoms with Gasteiger partial charge in [0.05, 0.1) is 6.54 Å². The average molecular weight is 263 g/mol. The number of hydrogen-bond donors (Lipinski definition) is 0. The minimum absolute atomic E-state index is 0.0826. The first-order chi connectivity index (χ1) is 9.01. The number of amides is 1. The van der Waals surface area contributed by atoms with Crippen LogP contribution in [0.2, 0.25) is 0 Å². The summed E-state index contributed by atoms with van der Waals surface area (Å²) in [5.74, 6) is 0.0329. The van der Waals surface area contributed by atoms with Gasteiger partial charge in [0.15, 0.2) is 6.61 Å². The van der Waals surface area contributed by atoms with Crippen molar-refractivity contribution in [2.45, 2.75) is 19.4 Å². The molecule has 1 fully saturated rings. The molecule has 1 aliphatic rings.